The summed E-state index contributed by atoms with van der Waals surface area (Å²) in [6.45, 7) is 4.67. The lowest BCUT2D eigenvalue weighted by molar-refractivity contribution is 0.662. The molecular formula is C44H31N3. The Morgan fingerprint density at radius 2 is 0.936 bits per heavy atom. The van der Waals surface area contributed by atoms with Crippen molar-refractivity contribution in [3.05, 3.63) is 163 Å². The van der Waals surface area contributed by atoms with E-state index in [1.165, 1.54) is 49.4 Å². The molecule has 8 aromatic rings. The zero-order chi connectivity index (χ0) is 31.5. The summed E-state index contributed by atoms with van der Waals surface area (Å²) in [5.74, 6) is 2.02. The first-order valence-corrected chi connectivity index (χ1v) is 16.1. The topological polar surface area (TPSA) is 38.7 Å². The number of fused-ring (bicyclic) bond motifs is 7. The molecule has 222 valence electrons. The van der Waals surface area contributed by atoms with Crippen LogP contribution in [-0.2, 0) is 5.41 Å². The van der Waals surface area contributed by atoms with Crippen LogP contribution in [0, 0.1) is 0 Å². The molecule has 1 heterocycles. The lowest BCUT2D eigenvalue weighted by Gasteiger charge is -2.24. The van der Waals surface area contributed by atoms with Crippen LogP contribution in [0.15, 0.2) is 152 Å². The van der Waals surface area contributed by atoms with Crippen molar-refractivity contribution < 1.29 is 0 Å². The minimum atomic E-state index is -0.260. The molecule has 0 saturated heterocycles. The Morgan fingerprint density at radius 3 is 1.68 bits per heavy atom. The monoisotopic (exact) mass is 601 g/mol. The third kappa shape index (κ3) is 4.39. The fourth-order valence-electron chi connectivity index (χ4n) is 7.44. The molecule has 47 heavy (non-hydrogen) atoms. The van der Waals surface area contributed by atoms with Crippen LogP contribution in [0.1, 0.15) is 25.0 Å². The van der Waals surface area contributed by atoms with Gasteiger partial charge in [-0.25, -0.2) is 15.0 Å². The van der Waals surface area contributed by atoms with Crippen molar-refractivity contribution in [1.82, 2.24) is 15.0 Å². The van der Waals surface area contributed by atoms with Crippen LogP contribution < -0.4 is 0 Å². The lowest BCUT2D eigenvalue weighted by atomic mass is 9.79. The predicted octanol–water partition coefficient (Wildman–Crippen LogP) is 11.2. The van der Waals surface area contributed by atoms with Gasteiger partial charge >= 0.3 is 0 Å². The van der Waals surface area contributed by atoms with E-state index in [9.17, 15) is 0 Å². The first kappa shape index (κ1) is 27.4. The van der Waals surface area contributed by atoms with E-state index < -0.39 is 0 Å². The standard InChI is InChI=1S/C44H31N3/c1-44(2)37-27-26-31-23-22-30-14-9-10-17-34(30)38(31)39(37)35-18-11-19-36(40(35)44)43-46-41(32-15-7-4-8-16-32)45-42(47-43)33-24-20-29(21-25-33)28-12-5-3-6-13-28/h3-27H,1-2H3. The average Bonchev–Trinajstić information content (AvgIpc) is 3.38. The fraction of sp³-hybridized carbons (Fsp3) is 0.0682. The highest BCUT2D eigenvalue weighted by molar-refractivity contribution is 6.17. The van der Waals surface area contributed by atoms with Gasteiger partial charge in [0.2, 0.25) is 0 Å². The van der Waals surface area contributed by atoms with Crippen LogP contribution in [-0.4, -0.2) is 15.0 Å². The smallest absolute Gasteiger partial charge is 0.164 e. The molecule has 0 aliphatic heterocycles. The first-order valence-electron chi connectivity index (χ1n) is 16.1. The van der Waals surface area contributed by atoms with Gasteiger partial charge in [-0.1, -0.05) is 166 Å². The first-order chi connectivity index (χ1) is 23.1. The molecule has 0 unspecified atom stereocenters. The number of nitrogens with zero attached hydrogens (tertiary/aromatic N) is 3. The van der Waals surface area contributed by atoms with Crippen molar-refractivity contribution in [2.24, 2.45) is 0 Å². The largest absolute Gasteiger partial charge is 0.208 e. The average molecular weight is 602 g/mol. The van der Waals surface area contributed by atoms with Gasteiger partial charge in [-0.2, -0.15) is 0 Å². The minimum Gasteiger partial charge on any atom is -0.208 e. The maximum atomic E-state index is 5.20. The number of hydrogen-bond donors (Lipinski definition) is 0. The normalized spacial score (nSPS) is 13.1. The molecule has 0 spiro atoms. The molecule has 3 heteroatoms. The van der Waals surface area contributed by atoms with E-state index in [1.807, 2.05) is 24.3 Å². The molecule has 1 aromatic heterocycles. The van der Waals surface area contributed by atoms with Gasteiger partial charge in [0.25, 0.3) is 0 Å². The third-order valence-electron chi connectivity index (χ3n) is 9.70. The van der Waals surface area contributed by atoms with E-state index in [2.05, 4.69) is 141 Å². The molecule has 0 N–H and O–H groups in total. The molecular weight excluding hydrogens is 571 g/mol. The summed E-state index contributed by atoms with van der Waals surface area (Å²) >= 11 is 0. The highest BCUT2D eigenvalue weighted by atomic mass is 15.0. The van der Waals surface area contributed by atoms with E-state index in [-0.39, 0.29) is 5.41 Å². The van der Waals surface area contributed by atoms with Gasteiger partial charge in [0.1, 0.15) is 0 Å². The summed E-state index contributed by atoms with van der Waals surface area (Å²) in [4.78, 5) is 15.4. The number of hydrogen-bond acceptors (Lipinski definition) is 3. The van der Waals surface area contributed by atoms with Gasteiger partial charge in [0, 0.05) is 22.1 Å². The van der Waals surface area contributed by atoms with E-state index in [0.717, 1.165) is 22.3 Å². The SMILES string of the molecule is CC1(C)c2ccc3ccc4ccccc4c3c2-c2cccc(-c3nc(-c4ccccc4)nc(-c4ccc(-c5ccccc5)cc4)n3)c21. The molecule has 0 atom stereocenters. The highest BCUT2D eigenvalue weighted by Gasteiger charge is 2.39. The minimum absolute atomic E-state index is 0.260. The lowest BCUT2D eigenvalue weighted by Crippen LogP contribution is -2.17. The van der Waals surface area contributed by atoms with Gasteiger partial charge in [-0.05, 0) is 54.9 Å². The van der Waals surface area contributed by atoms with Crippen molar-refractivity contribution >= 4 is 21.5 Å². The summed E-state index contributed by atoms with van der Waals surface area (Å²) in [5.41, 5.74) is 10.2. The molecule has 0 fully saturated rings. The maximum Gasteiger partial charge on any atom is 0.164 e. The second kappa shape index (κ2) is 10.6. The number of benzene rings is 7. The van der Waals surface area contributed by atoms with Crippen molar-refractivity contribution in [2.75, 3.05) is 0 Å². The summed E-state index contributed by atoms with van der Waals surface area (Å²) in [6, 6.07) is 53.6. The van der Waals surface area contributed by atoms with Crippen LogP contribution >= 0.6 is 0 Å². The molecule has 7 aromatic carbocycles. The number of aromatic nitrogens is 3. The Labute approximate surface area is 274 Å². The molecule has 0 bridgehead atoms. The molecule has 0 saturated carbocycles. The Kier molecular flexibility index (Phi) is 6.16. The second-order valence-electron chi connectivity index (χ2n) is 12.8. The zero-order valence-corrected chi connectivity index (χ0v) is 26.3. The zero-order valence-electron chi connectivity index (χ0n) is 26.3. The van der Waals surface area contributed by atoms with Crippen LogP contribution in [0.2, 0.25) is 0 Å². The second-order valence-corrected chi connectivity index (χ2v) is 12.8. The van der Waals surface area contributed by atoms with Crippen molar-refractivity contribution in [3.63, 3.8) is 0 Å². The predicted molar refractivity (Wildman–Crippen MR) is 194 cm³/mol. The molecule has 1 aliphatic rings. The van der Waals surface area contributed by atoms with E-state index in [1.54, 1.807) is 0 Å². The molecule has 1 aliphatic carbocycles. The molecule has 9 rings (SSSR count). The Bertz CT molecular complexity index is 2460. The molecule has 0 radical (unpaired) electrons. The molecule has 0 amide bonds. The van der Waals surface area contributed by atoms with Crippen molar-refractivity contribution in [3.8, 4) is 56.4 Å². The van der Waals surface area contributed by atoms with Crippen LogP contribution in [0.5, 0.6) is 0 Å². The van der Waals surface area contributed by atoms with Crippen molar-refractivity contribution in [1.29, 1.82) is 0 Å². The Morgan fingerprint density at radius 1 is 0.404 bits per heavy atom. The van der Waals surface area contributed by atoms with Gasteiger partial charge in [0.05, 0.1) is 0 Å². The van der Waals surface area contributed by atoms with Gasteiger partial charge in [-0.15, -0.1) is 0 Å². The summed E-state index contributed by atoms with van der Waals surface area (Å²) in [6.07, 6.45) is 0. The van der Waals surface area contributed by atoms with Crippen molar-refractivity contribution in [2.45, 2.75) is 19.3 Å². The van der Waals surface area contributed by atoms with E-state index in [4.69, 9.17) is 15.0 Å². The Balaban J connectivity index is 1.26. The van der Waals surface area contributed by atoms with Crippen LogP contribution in [0.25, 0.3) is 78.0 Å². The van der Waals surface area contributed by atoms with Gasteiger partial charge in [-0.3, -0.25) is 0 Å². The third-order valence-corrected chi connectivity index (χ3v) is 9.70. The van der Waals surface area contributed by atoms with Gasteiger partial charge < -0.3 is 0 Å². The quantitative estimate of drug-likeness (QED) is 0.188. The summed E-state index contributed by atoms with van der Waals surface area (Å²) in [5, 5.41) is 5.10. The summed E-state index contributed by atoms with van der Waals surface area (Å²) in [7, 11) is 0. The Hall–Kier alpha value is -5.93. The maximum absolute atomic E-state index is 5.20. The van der Waals surface area contributed by atoms with E-state index in [0.29, 0.717) is 17.5 Å². The highest BCUT2D eigenvalue weighted by Crippen LogP contribution is 2.54. The van der Waals surface area contributed by atoms with E-state index >= 15 is 0 Å². The van der Waals surface area contributed by atoms with Crippen LogP contribution in [0.4, 0.5) is 0 Å². The molecule has 3 nitrogen and oxygen atoms in total. The van der Waals surface area contributed by atoms with Crippen LogP contribution in [0.3, 0.4) is 0 Å². The summed E-state index contributed by atoms with van der Waals surface area (Å²) < 4.78 is 0. The van der Waals surface area contributed by atoms with Gasteiger partial charge in [0.15, 0.2) is 17.5 Å². The fourth-order valence-corrected chi connectivity index (χ4v) is 7.44. The number of rotatable bonds is 4.